The van der Waals surface area contributed by atoms with Crippen LogP contribution in [0.25, 0.3) is 21.9 Å². The number of nitriles is 1. The number of piperidine rings is 1. The molecule has 4 rings (SSSR count). The van der Waals surface area contributed by atoms with Gasteiger partial charge >= 0.3 is 0 Å². The van der Waals surface area contributed by atoms with Gasteiger partial charge in [-0.15, -0.1) is 14.1 Å². The molecule has 0 radical (unpaired) electrons. The summed E-state index contributed by atoms with van der Waals surface area (Å²) >= 11 is 0. The summed E-state index contributed by atoms with van der Waals surface area (Å²) in [5.41, 5.74) is 2.10. The molecule has 3 aromatic heterocycles. The van der Waals surface area contributed by atoms with E-state index in [9.17, 15) is 5.26 Å². The summed E-state index contributed by atoms with van der Waals surface area (Å²) in [6.07, 6.45) is 5.89. The van der Waals surface area contributed by atoms with E-state index in [1.807, 2.05) is 16.7 Å². The molecule has 1 aliphatic heterocycles. The fraction of sp³-hybridized carbons (Fsp3) is 0.522. The summed E-state index contributed by atoms with van der Waals surface area (Å²) in [5.74, 6) is 1.31. The Morgan fingerprint density at radius 3 is 2.94 bits per heavy atom. The topological polar surface area (TPSA) is 85.0 Å². The van der Waals surface area contributed by atoms with Gasteiger partial charge < -0.3 is 14.8 Å². The van der Waals surface area contributed by atoms with Crippen molar-refractivity contribution in [2.24, 2.45) is 5.92 Å². The molecule has 7 nitrogen and oxygen atoms in total. The molecule has 0 aliphatic carbocycles. The minimum Gasteiger partial charge on any atom is -0.492 e. The van der Waals surface area contributed by atoms with Crippen LogP contribution >= 0.6 is 0 Å². The lowest BCUT2D eigenvalue weighted by atomic mass is 10.0. The summed E-state index contributed by atoms with van der Waals surface area (Å²) in [6.45, 7) is 10.9. The lowest BCUT2D eigenvalue weighted by Gasteiger charge is -2.26. The van der Waals surface area contributed by atoms with Crippen molar-refractivity contribution in [3.05, 3.63) is 30.2 Å². The molecule has 0 spiro atoms. The fourth-order valence-electron chi connectivity index (χ4n) is 3.99. The van der Waals surface area contributed by atoms with Gasteiger partial charge in [-0.05, 0) is 31.5 Å². The summed E-state index contributed by atoms with van der Waals surface area (Å²) in [5, 5.41) is 14.7. The molecule has 0 aromatic carbocycles. The highest BCUT2D eigenvalue weighted by atomic mass is 28.3. The quantitative estimate of drug-likeness (QED) is 0.421. The van der Waals surface area contributed by atoms with Gasteiger partial charge in [0, 0.05) is 30.7 Å². The van der Waals surface area contributed by atoms with Crippen molar-refractivity contribution < 1.29 is 9.47 Å². The third kappa shape index (κ3) is 5.06. The first-order valence-electron chi connectivity index (χ1n) is 11.0. The number of aromatic nitrogens is 3. The summed E-state index contributed by atoms with van der Waals surface area (Å²) < 4.78 is 14.4. The van der Waals surface area contributed by atoms with Crippen LogP contribution in [0.3, 0.4) is 0 Å². The van der Waals surface area contributed by atoms with Crippen molar-refractivity contribution in [3.8, 4) is 11.8 Å². The van der Waals surface area contributed by atoms with Crippen LogP contribution in [0.15, 0.2) is 24.5 Å². The molecular formula is C23H31N5O2Si-. The minimum atomic E-state index is -1.16. The van der Waals surface area contributed by atoms with E-state index < -0.39 is 8.07 Å². The highest BCUT2D eigenvalue weighted by molar-refractivity contribution is 6.76. The van der Waals surface area contributed by atoms with Crippen LogP contribution in [0, 0.1) is 17.2 Å². The van der Waals surface area contributed by atoms with E-state index in [-0.39, 0.29) is 0 Å². The highest BCUT2D eigenvalue weighted by Crippen LogP contribution is 2.35. The Hall–Kier alpha value is -2.47. The first-order valence-corrected chi connectivity index (χ1v) is 14.8. The predicted octanol–water partition coefficient (Wildman–Crippen LogP) is 4.15. The Morgan fingerprint density at radius 1 is 1.32 bits per heavy atom. The zero-order chi connectivity index (χ0) is 21.8. The second kappa shape index (κ2) is 9.35. The minimum absolute atomic E-state index is 0.387. The SMILES string of the molecule is C[Si-](C)(C)CCOCn1c2cnc(C#N)cc2c2c(OC[C@@H]3CCCNC3)ccnc21. The Balaban J connectivity index is 1.67. The van der Waals surface area contributed by atoms with Crippen LogP contribution in [0.5, 0.6) is 5.75 Å². The Morgan fingerprint density at radius 2 is 2.19 bits per heavy atom. The molecule has 4 heterocycles. The van der Waals surface area contributed by atoms with Gasteiger partial charge in [0.25, 0.3) is 0 Å². The average Bonchev–Trinajstić information content (AvgIpc) is 3.08. The normalized spacial score (nSPS) is 17.2. The number of nitrogens with zero attached hydrogens (tertiary/aromatic N) is 4. The molecule has 0 amide bonds. The summed E-state index contributed by atoms with van der Waals surface area (Å²) in [4.78, 5) is 8.94. The fourth-order valence-corrected chi connectivity index (χ4v) is 4.75. The maximum atomic E-state index is 9.37. The van der Waals surface area contributed by atoms with E-state index in [2.05, 4.69) is 41.0 Å². The highest BCUT2D eigenvalue weighted by Gasteiger charge is 2.19. The molecule has 165 valence electrons. The molecule has 0 bridgehead atoms. The Bertz CT molecular complexity index is 1090. The molecule has 0 unspecified atom stereocenters. The molecular weight excluding hydrogens is 406 g/mol. The first kappa shape index (κ1) is 21.7. The van der Waals surface area contributed by atoms with Crippen molar-refractivity contribution in [3.63, 3.8) is 0 Å². The van der Waals surface area contributed by atoms with Crippen LogP contribution in [0.2, 0.25) is 25.7 Å². The zero-order valence-electron chi connectivity index (χ0n) is 18.6. The number of hydrogen-bond acceptors (Lipinski definition) is 6. The second-order valence-electron chi connectivity index (χ2n) is 9.51. The lowest BCUT2D eigenvalue weighted by molar-refractivity contribution is 0.0925. The van der Waals surface area contributed by atoms with Gasteiger partial charge in [-0.25, -0.2) is 9.97 Å². The molecule has 1 fully saturated rings. The van der Waals surface area contributed by atoms with Crippen LogP contribution in [-0.2, 0) is 11.5 Å². The van der Waals surface area contributed by atoms with Crippen molar-refractivity contribution >= 4 is 30.0 Å². The molecule has 1 saturated heterocycles. The standard InChI is InChI=1S/C23H31N5O2Si/c1-31(2,3)10-9-29-16-28-20-14-27-18(12-24)11-19(20)22-21(6-8-26-23(22)28)30-15-17-5-4-7-25-13-17/h6,8,11,14,17,25H,4-5,7,9-10,13,15-16H2,1-3H3/q-1/t17-/m1/s1. The van der Waals surface area contributed by atoms with E-state index in [1.165, 1.54) is 12.8 Å². The molecule has 0 saturated carbocycles. The number of ether oxygens (including phenoxy) is 2. The van der Waals surface area contributed by atoms with Crippen molar-refractivity contribution in [1.82, 2.24) is 19.9 Å². The van der Waals surface area contributed by atoms with E-state index in [0.29, 0.717) is 24.9 Å². The molecule has 1 atom stereocenters. The van der Waals surface area contributed by atoms with E-state index >= 15 is 0 Å². The van der Waals surface area contributed by atoms with Crippen LogP contribution in [-0.4, -0.2) is 48.9 Å². The molecule has 31 heavy (non-hydrogen) atoms. The third-order valence-electron chi connectivity index (χ3n) is 5.80. The van der Waals surface area contributed by atoms with Crippen molar-refractivity contribution in [2.75, 3.05) is 26.3 Å². The Kier molecular flexibility index (Phi) is 6.56. The maximum Gasteiger partial charge on any atom is 0.146 e. The van der Waals surface area contributed by atoms with Crippen LogP contribution in [0.1, 0.15) is 18.5 Å². The van der Waals surface area contributed by atoms with Gasteiger partial charge in [0.05, 0.1) is 23.7 Å². The molecule has 8 heteroatoms. The van der Waals surface area contributed by atoms with Crippen LogP contribution < -0.4 is 10.1 Å². The number of hydrogen-bond donors (Lipinski definition) is 1. The van der Waals surface area contributed by atoms with E-state index in [4.69, 9.17) is 9.47 Å². The van der Waals surface area contributed by atoms with Gasteiger partial charge in [-0.3, -0.25) is 4.57 Å². The largest absolute Gasteiger partial charge is 0.492 e. The van der Waals surface area contributed by atoms with Gasteiger partial charge in [0.2, 0.25) is 0 Å². The van der Waals surface area contributed by atoms with Crippen molar-refractivity contribution in [1.29, 1.82) is 5.26 Å². The average molecular weight is 438 g/mol. The monoisotopic (exact) mass is 437 g/mol. The smallest absolute Gasteiger partial charge is 0.146 e. The van der Waals surface area contributed by atoms with E-state index in [0.717, 1.165) is 53.4 Å². The number of pyridine rings is 2. The molecule has 1 N–H and O–H groups in total. The number of nitrogens with one attached hydrogen (secondary N) is 1. The van der Waals surface area contributed by atoms with Crippen molar-refractivity contribution in [2.45, 2.75) is 45.3 Å². The summed E-state index contributed by atoms with van der Waals surface area (Å²) in [6, 6.07) is 7.00. The number of fused-ring (bicyclic) bond motifs is 3. The van der Waals surface area contributed by atoms with E-state index in [1.54, 1.807) is 12.4 Å². The van der Waals surface area contributed by atoms with Gasteiger partial charge in [0.1, 0.15) is 29.9 Å². The van der Waals surface area contributed by atoms with Gasteiger partial charge in [-0.2, -0.15) is 24.9 Å². The summed E-state index contributed by atoms with van der Waals surface area (Å²) in [7, 11) is -1.16. The zero-order valence-corrected chi connectivity index (χ0v) is 19.6. The Labute approximate surface area is 184 Å². The van der Waals surface area contributed by atoms with Gasteiger partial charge in [0.15, 0.2) is 0 Å². The van der Waals surface area contributed by atoms with Gasteiger partial charge in [-0.1, -0.05) is 0 Å². The first-order chi connectivity index (χ1) is 15.0. The van der Waals surface area contributed by atoms with Crippen LogP contribution in [0.4, 0.5) is 0 Å². The molecule has 3 aromatic rings. The third-order valence-corrected chi connectivity index (χ3v) is 7.50. The number of rotatable bonds is 8. The second-order valence-corrected chi connectivity index (χ2v) is 15.1. The predicted molar refractivity (Wildman–Crippen MR) is 125 cm³/mol. The molecule has 1 aliphatic rings. The lowest BCUT2D eigenvalue weighted by Crippen LogP contribution is -2.33. The maximum absolute atomic E-state index is 9.37.